The Balaban J connectivity index is 1.98. The van der Waals surface area contributed by atoms with Gasteiger partial charge in [-0.05, 0) is 33.6 Å². The van der Waals surface area contributed by atoms with Crippen LogP contribution in [0.5, 0.6) is 0 Å². The highest BCUT2D eigenvalue weighted by molar-refractivity contribution is 5.71. The predicted molar refractivity (Wildman–Crippen MR) is 64.2 cm³/mol. The van der Waals surface area contributed by atoms with E-state index in [4.69, 9.17) is 9.47 Å². The maximum Gasteiger partial charge on any atom is 0.410 e. The number of nitrogens with one attached hydrogen (secondary N) is 1. The normalized spacial score (nSPS) is 27.9. The number of alkyl carbamates (subject to hydrolysis) is 1. The van der Waals surface area contributed by atoms with Crippen molar-refractivity contribution in [2.75, 3.05) is 13.1 Å². The molecule has 0 aliphatic carbocycles. The van der Waals surface area contributed by atoms with Crippen LogP contribution in [0.25, 0.3) is 0 Å². The number of amides is 2. The molecule has 0 radical (unpaired) electrons. The molecular formula is C12H20N2O4. The summed E-state index contributed by atoms with van der Waals surface area (Å²) in [6, 6.07) is -0.118. The molecule has 2 aliphatic rings. The van der Waals surface area contributed by atoms with E-state index < -0.39 is 11.7 Å². The van der Waals surface area contributed by atoms with Gasteiger partial charge in [0.2, 0.25) is 0 Å². The van der Waals surface area contributed by atoms with Crippen molar-refractivity contribution in [1.29, 1.82) is 0 Å². The molecule has 2 saturated heterocycles. The van der Waals surface area contributed by atoms with Gasteiger partial charge in [-0.2, -0.15) is 0 Å². The van der Waals surface area contributed by atoms with E-state index in [1.165, 1.54) is 0 Å². The van der Waals surface area contributed by atoms with Crippen LogP contribution in [0.2, 0.25) is 0 Å². The number of fused-ring (bicyclic) bond motifs is 1. The zero-order valence-corrected chi connectivity index (χ0v) is 11.1. The van der Waals surface area contributed by atoms with Crippen LogP contribution in [0.1, 0.15) is 33.6 Å². The number of rotatable bonds is 0. The Kier molecular flexibility index (Phi) is 3.36. The van der Waals surface area contributed by atoms with Gasteiger partial charge < -0.3 is 19.7 Å². The van der Waals surface area contributed by atoms with Crippen molar-refractivity contribution in [3.05, 3.63) is 0 Å². The molecule has 0 saturated carbocycles. The van der Waals surface area contributed by atoms with Crippen molar-refractivity contribution in [2.24, 2.45) is 0 Å². The highest BCUT2D eigenvalue weighted by atomic mass is 16.6. The zero-order chi connectivity index (χ0) is 13.3. The molecule has 6 nitrogen and oxygen atoms in total. The maximum atomic E-state index is 12.0. The summed E-state index contributed by atoms with van der Waals surface area (Å²) in [5, 5.41) is 2.73. The van der Waals surface area contributed by atoms with Gasteiger partial charge in [0, 0.05) is 13.1 Å². The van der Waals surface area contributed by atoms with Crippen LogP contribution in [-0.4, -0.2) is 47.9 Å². The molecule has 2 aliphatic heterocycles. The molecule has 0 spiro atoms. The molecule has 2 rings (SSSR count). The molecule has 2 fully saturated rings. The fourth-order valence-corrected chi connectivity index (χ4v) is 2.23. The standard InChI is InChI=1S/C12H20N2O4/c1-12(2,3)18-11(16)14-6-4-5-9-8(7-14)13-10(15)17-9/h8-9H,4-7H2,1-3H3,(H,13,15)/t8-,9+/m0/s1. The minimum Gasteiger partial charge on any atom is -0.444 e. The third-order valence-corrected chi connectivity index (χ3v) is 3.00. The minimum absolute atomic E-state index is 0.118. The third kappa shape index (κ3) is 3.05. The maximum absolute atomic E-state index is 12.0. The second kappa shape index (κ2) is 4.66. The molecule has 0 aromatic rings. The molecule has 18 heavy (non-hydrogen) atoms. The lowest BCUT2D eigenvalue weighted by Gasteiger charge is -2.27. The average Bonchev–Trinajstić information content (AvgIpc) is 2.43. The van der Waals surface area contributed by atoms with E-state index in [1.54, 1.807) is 4.90 Å². The minimum atomic E-state index is -0.502. The lowest BCUT2D eigenvalue weighted by molar-refractivity contribution is 0.0244. The average molecular weight is 256 g/mol. The monoisotopic (exact) mass is 256 g/mol. The topological polar surface area (TPSA) is 67.9 Å². The summed E-state index contributed by atoms with van der Waals surface area (Å²) in [5.41, 5.74) is -0.502. The second-order valence-corrected chi connectivity index (χ2v) is 5.76. The summed E-state index contributed by atoms with van der Waals surface area (Å²) in [5.74, 6) is 0. The number of carbonyl (C=O) groups excluding carboxylic acids is 2. The first-order valence-corrected chi connectivity index (χ1v) is 6.30. The van der Waals surface area contributed by atoms with Gasteiger partial charge >= 0.3 is 12.2 Å². The summed E-state index contributed by atoms with van der Waals surface area (Å²) in [6.07, 6.45) is 0.753. The first-order chi connectivity index (χ1) is 8.35. The van der Waals surface area contributed by atoms with Crippen molar-refractivity contribution in [3.63, 3.8) is 0 Å². The molecule has 2 atom stereocenters. The van der Waals surface area contributed by atoms with Crippen molar-refractivity contribution in [2.45, 2.75) is 51.4 Å². The van der Waals surface area contributed by atoms with Gasteiger partial charge in [0.05, 0.1) is 6.04 Å². The van der Waals surface area contributed by atoms with E-state index in [-0.39, 0.29) is 18.2 Å². The van der Waals surface area contributed by atoms with Crippen LogP contribution < -0.4 is 5.32 Å². The molecular weight excluding hydrogens is 236 g/mol. The van der Waals surface area contributed by atoms with Crippen molar-refractivity contribution in [3.8, 4) is 0 Å². The van der Waals surface area contributed by atoms with Gasteiger partial charge in [0.1, 0.15) is 11.7 Å². The predicted octanol–water partition coefficient (Wildman–Crippen LogP) is 1.49. The summed E-state index contributed by atoms with van der Waals surface area (Å²) < 4.78 is 10.5. The molecule has 6 heteroatoms. The number of nitrogens with zero attached hydrogens (tertiary/aromatic N) is 1. The van der Waals surface area contributed by atoms with Gasteiger partial charge in [0.15, 0.2) is 0 Å². The Morgan fingerprint density at radius 1 is 1.50 bits per heavy atom. The van der Waals surface area contributed by atoms with Crippen LogP contribution >= 0.6 is 0 Å². The highest BCUT2D eigenvalue weighted by Crippen LogP contribution is 2.21. The fraction of sp³-hybridized carbons (Fsp3) is 0.833. The summed E-state index contributed by atoms with van der Waals surface area (Å²) >= 11 is 0. The van der Waals surface area contributed by atoms with E-state index in [9.17, 15) is 9.59 Å². The Morgan fingerprint density at radius 3 is 2.89 bits per heavy atom. The van der Waals surface area contributed by atoms with Gasteiger partial charge in [-0.3, -0.25) is 0 Å². The summed E-state index contributed by atoms with van der Waals surface area (Å²) in [4.78, 5) is 24.8. The molecule has 0 aromatic carbocycles. The van der Waals surface area contributed by atoms with Gasteiger partial charge in [-0.1, -0.05) is 0 Å². The van der Waals surface area contributed by atoms with Gasteiger partial charge in [-0.15, -0.1) is 0 Å². The number of ether oxygens (including phenoxy) is 2. The smallest absolute Gasteiger partial charge is 0.410 e. The van der Waals surface area contributed by atoms with E-state index in [2.05, 4.69) is 5.32 Å². The Hall–Kier alpha value is -1.46. The SMILES string of the molecule is CC(C)(C)OC(=O)N1CCC[C@H]2OC(=O)N[C@H]2C1. The van der Waals surface area contributed by atoms with Crippen LogP contribution in [0.4, 0.5) is 9.59 Å². The quantitative estimate of drug-likeness (QED) is 0.713. The van der Waals surface area contributed by atoms with Crippen LogP contribution in [0, 0.1) is 0 Å². The molecule has 1 N–H and O–H groups in total. The number of carbonyl (C=O) groups is 2. The molecule has 2 amide bonds. The second-order valence-electron chi connectivity index (χ2n) is 5.76. The zero-order valence-electron chi connectivity index (χ0n) is 11.1. The largest absolute Gasteiger partial charge is 0.444 e. The number of likely N-dealkylation sites (tertiary alicyclic amines) is 1. The highest BCUT2D eigenvalue weighted by Gasteiger charge is 2.38. The summed E-state index contributed by atoms with van der Waals surface area (Å²) in [6.45, 7) is 6.61. The number of hydrogen-bond acceptors (Lipinski definition) is 4. The molecule has 0 unspecified atom stereocenters. The van der Waals surface area contributed by atoms with Gasteiger partial charge in [-0.25, -0.2) is 9.59 Å². The van der Waals surface area contributed by atoms with E-state index >= 15 is 0 Å². The third-order valence-electron chi connectivity index (χ3n) is 3.00. The first kappa shape index (κ1) is 13.0. The van der Waals surface area contributed by atoms with E-state index in [0.717, 1.165) is 12.8 Å². The van der Waals surface area contributed by atoms with Crippen molar-refractivity contribution in [1.82, 2.24) is 10.2 Å². The molecule has 0 bridgehead atoms. The molecule has 0 aromatic heterocycles. The lowest BCUT2D eigenvalue weighted by atomic mass is 10.1. The van der Waals surface area contributed by atoms with Crippen LogP contribution in [0.15, 0.2) is 0 Å². The van der Waals surface area contributed by atoms with Crippen LogP contribution in [-0.2, 0) is 9.47 Å². The molecule has 102 valence electrons. The fourth-order valence-electron chi connectivity index (χ4n) is 2.23. The van der Waals surface area contributed by atoms with E-state index in [0.29, 0.717) is 13.1 Å². The lowest BCUT2D eigenvalue weighted by Crippen LogP contribution is -2.45. The summed E-state index contributed by atoms with van der Waals surface area (Å²) in [7, 11) is 0. The molecule has 2 heterocycles. The van der Waals surface area contributed by atoms with E-state index in [1.807, 2.05) is 20.8 Å². The van der Waals surface area contributed by atoms with Gasteiger partial charge in [0.25, 0.3) is 0 Å². The Morgan fingerprint density at radius 2 is 2.22 bits per heavy atom. The van der Waals surface area contributed by atoms with Crippen molar-refractivity contribution < 1.29 is 19.1 Å². The number of hydrogen-bond donors (Lipinski definition) is 1. The Bertz CT molecular complexity index is 350. The van der Waals surface area contributed by atoms with Crippen LogP contribution in [0.3, 0.4) is 0 Å². The first-order valence-electron chi connectivity index (χ1n) is 6.30. The Labute approximate surface area is 107 Å². The van der Waals surface area contributed by atoms with Crippen molar-refractivity contribution >= 4 is 12.2 Å².